The molecule has 0 atom stereocenters. The Labute approximate surface area is 126 Å². The lowest BCUT2D eigenvalue weighted by Crippen LogP contribution is -2.02. The van der Waals surface area contributed by atoms with E-state index in [2.05, 4.69) is 4.98 Å². The molecule has 0 aliphatic carbocycles. The second-order valence-electron chi connectivity index (χ2n) is 3.86. The molecule has 19 heavy (non-hydrogen) atoms. The van der Waals surface area contributed by atoms with Crippen LogP contribution in [-0.2, 0) is 6.42 Å². The number of aromatic nitrogens is 1. The number of nitrogens with two attached hydrogens (primary N) is 1. The maximum Gasteiger partial charge on any atom is 0.147 e. The largest absolute Gasteiger partial charge is 0.492 e. The Bertz CT molecular complexity index is 572. The molecule has 0 amide bonds. The number of ether oxygens (including phenoxy) is 1. The fourth-order valence-electron chi connectivity index (χ4n) is 1.71. The molecule has 1 heterocycles. The number of halogens is 2. The molecule has 3 nitrogen and oxygen atoms in total. The first kappa shape index (κ1) is 14.6. The van der Waals surface area contributed by atoms with Crippen molar-refractivity contribution in [3.05, 3.63) is 32.6 Å². The van der Waals surface area contributed by atoms with Gasteiger partial charge in [0.15, 0.2) is 0 Å². The highest BCUT2D eigenvalue weighted by Crippen LogP contribution is 2.39. The molecular formula is C13H14Cl2N2OS. The maximum absolute atomic E-state index is 6.18. The minimum absolute atomic E-state index is 0.498. The summed E-state index contributed by atoms with van der Waals surface area (Å²) in [6.45, 7) is 3.03. The highest BCUT2D eigenvalue weighted by molar-refractivity contribution is 7.09. The third-order valence-corrected chi connectivity index (χ3v) is 3.89. The van der Waals surface area contributed by atoms with Gasteiger partial charge < -0.3 is 10.5 Å². The van der Waals surface area contributed by atoms with E-state index in [0.717, 1.165) is 22.7 Å². The second kappa shape index (κ2) is 6.57. The summed E-state index contributed by atoms with van der Waals surface area (Å²) in [6, 6.07) is 3.49. The first-order chi connectivity index (χ1) is 9.15. The van der Waals surface area contributed by atoms with Gasteiger partial charge in [0, 0.05) is 22.4 Å². The summed E-state index contributed by atoms with van der Waals surface area (Å²) in [5.74, 6) is 0.623. The summed E-state index contributed by atoms with van der Waals surface area (Å²) in [4.78, 5) is 4.54. The lowest BCUT2D eigenvalue weighted by atomic mass is 10.1. The topological polar surface area (TPSA) is 48.1 Å². The van der Waals surface area contributed by atoms with Crippen LogP contribution in [0.5, 0.6) is 5.75 Å². The molecule has 0 saturated heterocycles. The minimum Gasteiger partial charge on any atom is -0.492 e. The molecule has 2 rings (SSSR count). The van der Waals surface area contributed by atoms with Gasteiger partial charge in [0.25, 0.3) is 0 Å². The van der Waals surface area contributed by atoms with Crippen molar-refractivity contribution in [2.75, 3.05) is 13.2 Å². The van der Waals surface area contributed by atoms with Gasteiger partial charge in [0.1, 0.15) is 5.75 Å². The average molecular weight is 317 g/mol. The van der Waals surface area contributed by atoms with E-state index < -0.39 is 0 Å². The second-order valence-corrected chi connectivity index (χ2v) is 5.65. The number of thiazole rings is 1. The van der Waals surface area contributed by atoms with Crippen molar-refractivity contribution in [2.45, 2.75) is 13.3 Å². The number of benzene rings is 1. The van der Waals surface area contributed by atoms with Crippen LogP contribution in [0.4, 0.5) is 0 Å². The molecule has 6 heteroatoms. The number of rotatable bonds is 5. The van der Waals surface area contributed by atoms with Crippen LogP contribution in [0.25, 0.3) is 11.3 Å². The molecule has 0 spiro atoms. The molecule has 2 N–H and O–H groups in total. The predicted molar refractivity (Wildman–Crippen MR) is 81.5 cm³/mol. The number of hydrogen-bond donors (Lipinski definition) is 1. The summed E-state index contributed by atoms with van der Waals surface area (Å²) in [5.41, 5.74) is 7.17. The zero-order valence-electron chi connectivity index (χ0n) is 10.5. The molecule has 0 saturated carbocycles. The summed E-state index contributed by atoms with van der Waals surface area (Å²) in [6.07, 6.45) is 0.767. The maximum atomic E-state index is 6.18. The SMILES string of the molecule is CCOc1c(Cl)cc(Cl)cc1-c1csc(CCN)n1. The van der Waals surface area contributed by atoms with Crippen LogP contribution < -0.4 is 10.5 Å². The summed E-state index contributed by atoms with van der Waals surface area (Å²) < 4.78 is 5.60. The van der Waals surface area contributed by atoms with E-state index in [1.54, 1.807) is 17.4 Å². The lowest BCUT2D eigenvalue weighted by molar-refractivity contribution is 0.342. The van der Waals surface area contributed by atoms with Gasteiger partial charge in [-0.15, -0.1) is 11.3 Å². The summed E-state index contributed by atoms with van der Waals surface area (Å²) in [7, 11) is 0. The molecule has 102 valence electrons. The predicted octanol–water partition coefficient (Wildman–Crippen LogP) is 4.02. The third-order valence-electron chi connectivity index (χ3n) is 2.48. The van der Waals surface area contributed by atoms with E-state index in [9.17, 15) is 0 Å². The van der Waals surface area contributed by atoms with Crippen molar-refractivity contribution in [3.8, 4) is 17.0 Å². The molecule has 0 aliphatic heterocycles. The van der Waals surface area contributed by atoms with Crippen LogP contribution in [0.3, 0.4) is 0 Å². The highest BCUT2D eigenvalue weighted by Gasteiger charge is 2.15. The van der Waals surface area contributed by atoms with Crippen molar-refractivity contribution in [2.24, 2.45) is 5.73 Å². The van der Waals surface area contributed by atoms with Crippen molar-refractivity contribution in [1.82, 2.24) is 4.98 Å². The van der Waals surface area contributed by atoms with Gasteiger partial charge in [-0.2, -0.15) is 0 Å². The minimum atomic E-state index is 0.498. The summed E-state index contributed by atoms with van der Waals surface area (Å²) in [5, 5.41) is 4.03. The van der Waals surface area contributed by atoms with Crippen LogP contribution in [0.1, 0.15) is 11.9 Å². The van der Waals surface area contributed by atoms with Crippen molar-refractivity contribution in [1.29, 1.82) is 0 Å². The molecule has 0 aliphatic rings. The van der Waals surface area contributed by atoms with Crippen LogP contribution >= 0.6 is 34.5 Å². The Morgan fingerprint density at radius 1 is 1.37 bits per heavy atom. The fourth-order valence-corrected chi connectivity index (χ4v) is 3.08. The first-order valence-electron chi connectivity index (χ1n) is 5.92. The van der Waals surface area contributed by atoms with Crippen molar-refractivity contribution in [3.63, 3.8) is 0 Å². The first-order valence-corrected chi connectivity index (χ1v) is 7.56. The van der Waals surface area contributed by atoms with E-state index >= 15 is 0 Å². The van der Waals surface area contributed by atoms with E-state index in [1.165, 1.54) is 0 Å². The van der Waals surface area contributed by atoms with Crippen molar-refractivity contribution < 1.29 is 4.74 Å². The van der Waals surface area contributed by atoms with Gasteiger partial charge in [-0.25, -0.2) is 4.98 Å². The van der Waals surface area contributed by atoms with Crippen LogP contribution in [0, 0.1) is 0 Å². The van der Waals surface area contributed by atoms with Gasteiger partial charge in [-0.3, -0.25) is 0 Å². The number of hydrogen-bond acceptors (Lipinski definition) is 4. The molecule has 0 bridgehead atoms. The molecular weight excluding hydrogens is 303 g/mol. The Kier molecular flexibility index (Phi) is 5.05. The van der Waals surface area contributed by atoms with E-state index in [-0.39, 0.29) is 0 Å². The average Bonchev–Trinajstić information content (AvgIpc) is 2.81. The zero-order chi connectivity index (χ0) is 13.8. The zero-order valence-corrected chi connectivity index (χ0v) is 12.8. The normalized spacial score (nSPS) is 10.7. The molecule has 0 radical (unpaired) electrons. The van der Waals surface area contributed by atoms with Gasteiger partial charge >= 0.3 is 0 Å². The van der Waals surface area contributed by atoms with E-state index in [1.807, 2.05) is 18.4 Å². The smallest absolute Gasteiger partial charge is 0.147 e. The Hall–Kier alpha value is -0.810. The van der Waals surface area contributed by atoms with Gasteiger partial charge in [-0.05, 0) is 25.6 Å². The molecule has 2 aromatic rings. The molecule has 1 aromatic heterocycles. The molecule has 0 fully saturated rings. The Morgan fingerprint density at radius 3 is 2.84 bits per heavy atom. The van der Waals surface area contributed by atoms with Gasteiger partial charge in [0.2, 0.25) is 0 Å². The molecule has 0 unspecified atom stereocenters. The van der Waals surface area contributed by atoms with E-state index in [0.29, 0.717) is 28.9 Å². The van der Waals surface area contributed by atoms with Crippen LogP contribution in [-0.4, -0.2) is 18.1 Å². The van der Waals surface area contributed by atoms with Gasteiger partial charge in [0.05, 0.1) is 22.3 Å². The fraction of sp³-hybridized carbons (Fsp3) is 0.308. The summed E-state index contributed by atoms with van der Waals surface area (Å²) >= 11 is 13.8. The van der Waals surface area contributed by atoms with E-state index in [4.69, 9.17) is 33.7 Å². The number of nitrogens with zero attached hydrogens (tertiary/aromatic N) is 1. The van der Waals surface area contributed by atoms with Crippen molar-refractivity contribution >= 4 is 34.5 Å². The lowest BCUT2D eigenvalue weighted by Gasteiger charge is -2.11. The quantitative estimate of drug-likeness (QED) is 0.906. The third kappa shape index (κ3) is 3.39. The van der Waals surface area contributed by atoms with Gasteiger partial charge in [-0.1, -0.05) is 23.2 Å². The molecule has 1 aromatic carbocycles. The standard InChI is InChI=1S/C13H14Cl2N2OS/c1-2-18-13-9(5-8(14)6-10(13)15)11-7-19-12(17-11)3-4-16/h5-7H,2-4,16H2,1H3. The Balaban J connectivity index is 2.46. The Morgan fingerprint density at radius 2 is 2.16 bits per heavy atom. The van der Waals surface area contributed by atoms with Crippen LogP contribution in [0.15, 0.2) is 17.5 Å². The highest BCUT2D eigenvalue weighted by atomic mass is 35.5. The van der Waals surface area contributed by atoms with Crippen LogP contribution in [0.2, 0.25) is 10.0 Å². The monoisotopic (exact) mass is 316 g/mol.